The lowest BCUT2D eigenvalue weighted by Crippen LogP contribution is -2.37. The maximum Gasteiger partial charge on any atom is 0.210 e. The van der Waals surface area contributed by atoms with Crippen LogP contribution < -0.4 is 5.32 Å². The molecular formula is C59H85N9O4. The molecule has 4 N–H and O–H groups in total. The first kappa shape index (κ1) is 65.0. The number of ether oxygens (including phenoxy) is 1. The number of allylic oxidation sites excluding steroid dienone is 3. The number of nitrogens with one attached hydrogen (secondary N) is 4. The van der Waals surface area contributed by atoms with E-state index in [2.05, 4.69) is 185 Å². The molecule has 72 heavy (non-hydrogen) atoms. The highest BCUT2D eigenvalue weighted by Gasteiger charge is 2.17. The third-order valence-electron chi connectivity index (χ3n) is 10.6. The minimum absolute atomic E-state index is 0.138. The number of nitrogens with zero attached hydrogens (tertiary/aromatic N) is 5. The van der Waals surface area contributed by atoms with Crippen LogP contribution in [-0.2, 0) is 38.6 Å². The smallest absolute Gasteiger partial charge is 0.210 e. The minimum Gasteiger partial charge on any atom is -0.388 e. The largest absolute Gasteiger partial charge is 0.388 e. The number of likely N-dealkylation sites (N-methyl/N-ethyl adjacent to an activating group) is 1. The number of amides is 1. The molecule has 3 heterocycles. The normalized spacial score (nSPS) is 10.8. The molecular weight excluding hydrogens is 899 g/mol. The average molecular weight is 984 g/mol. The zero-order valence-electron chi connectivity index (χ0n) is 45.2. The number of aldehydes is 1. The molecule has 0 saturated carbocycles. The van der Waals surface area contributed by atoms with Crippen LogP contribution in [0.1, 0.15) is 78.0 Å². The van der Waals surface area contributed by atoms with Gasteiger partial charge in [0.1, 0.15) is 24.7 Å². The molecule has 390 valence electrons. The number of hydrogen-bond acceptors (Lipinski definition) is 9. The van der Waals surface area contributed by atoms with E-state index < -0.39 is 0 Å². The fourth-order valence-electron chi connectivity index (χ4n) is 7.37. The maximum absolute atomic E-state index is 11.2. The van der Waals surface area contributed by atoms with Crippen molar-refractivity contribution in [3.8, 4) is 46.5 Å². The summed E-state index contributed by atoms with van der Waals surface area (Å²) in [6.07, 6.45) is 27.6. The molecule has 13 nitrogen and oxygen atoms in total. The van der Waals surface area contributed by atoms with Crippen LogP contribution in [-0.4, -0.2) is 127 Å². The Labute approximate surface area is 432 Å². The zero-order valence-corrected chi connectivity index (χ0v) is 45.2. The molecule has 0 bridgehead atoms. The van der Waals surface area contributed by atoms with Gasteiger partial charge >= 0.3 is 0 Å². The number of carbonyl (C=O) groups excluding carboxylic acids is 3. The first-order chi connectivity index (χ1) is 35.1. The average Bonchev–Trinajstić information content (AvgIpc) is 4.19. The summed E-state index contributed by atoms with van der Waals surface area (Å²) in [5.74, 6) is 1.78. The Hall–Kier alpha value is -6.95. The minimum atomic E-state index is -0.138. The number of fused-ring (bicyclic) bond motifs is 1. The summed E-state index contributed by atoms with van der Waals surface area (Å²) >= 11 is 0. The van der Waals surface area contributed by atoms with E-state index >= 15 is 0 Å². The predicted molar refractivity (Wildman–Crippen MR) is 304 cm³/mol. The Bertz CT molecular complexity index is 2390. The molecule has 6 aromatic rings. The van der Waals surface area contributed by atoms with Crippen LogP contribution >= 0.6 is 0 Å². The number of benzene rings is 3. The van der Waals surface area contributed by atoms with Gasteiger partial charge in [-0.3, -0.25) is 14.6 Å². The van der Waals surface area contributed by atoms with Crippen molar-refractivity contribution in [3.63, 3.8) is 0 Å². The third kappa shape index (κ3) is 23.3. The summed E-state index contributed by atoms with van der Waals surface area (Å²) < 4.78 is 4.25. The highest BCUT2D eigenvalue weighted by molar-refractivity contribution is 5.83. The van der Waals surface area contributed by atoms with Crippen LogP contribution in [0.15, 0.2) is 128 Å². The van der Waals surface area contributed by atoms with Crippen molar-refractivity contribution in [2.24, 2.45) is 0 Å². The Kier molecular flexibility index (Phi) is 36.8. The van der Waals surface area contributed by atoms with E-state index in [-0.39, 0.29) is 6.04 Å². The van der Waals surface area contributed by atoms with E-state index in [9.17, 15) is 9.59 Å². The number of aromatic nitrogens is 5. The second kappa shape index (κ2) is 40.7. The van der Waals surface area contributed by atoms with Gasteiger partial charge < -0.3 is 39.5 Å². The molecule has 3 aromatic heterocycles. The van der Waals surface area contributed by atoms with Gasteiger partial charge in [0.05, 0.1) is 42.9 Å². The predicted octanol–water partition coefficient (Wildman–Crippen LogP) is 11.2. The number of aryl methyl sites for hydroxylation is 1. The molecule has 0 saturated heterocycles. The molecule has 1 atom stereocenters. The van der Waals surface area contributed by atoms with Crippen LogP contribution in [0, 0.1) is 12.8 Å². The fraction of sp³-hybridized carbons (Fsp3) is 0.373. The monoisotopic (exact) mass is 984 g/mol. The SMILES string of the molecule is C#C.C=C/C=C\C(=C/C)[C@H](C=O)N(CC)CC.C=O.CCCN(C)Cc1ncc(-c2ccc(-c3ccc(-c4cnc(CN(C=O)CCC)[nH]4)cc3)cc2)[nH]1.CCCc1c[nH]c2ccccc12.CNC.COC. The van der Waals surface area contributed by atoms with E-state index in [4.69, 9.17) is 4.79 Å². The van der Waals surface area contributed by atoms with E-state index in [1.54, 1.807) is 25.2 Å². The van der Waals surface area contributed by atoms with Crippen LogP contribution in [0.5, 0.6) is 0 Å². The van der Waals surface area contributed by atoms with E-state index in [1.807, 2.05) is 58.4 Å². The third-order valence-corrected chi connectivity index (χ3v) is 10.6. The van der Waals surface area contributed by atoms with E-state index in [1.165, 1.54) is 29.3 Å². The molecule has 0 aliphatic rings. The first-order valence-corrected chi connectivity index (χ1v) is 24.6. The van der Waals surface area contributed by atoms with Gasteiger partial charge in [0.2, 0.25) is 6.41 Å². The Balaban J connectivity index is 0.00000112. The summed E-state index contributed by atoms with van der Waals surface area (Å²) in [4.78, 5) is 55.4. The van der Waals surface area contributed by atoms with Gasteiger partial charge in [0.25, 0.3) is 0 Å². The number of rotatable bonds is 21. The van der Waals surface area contributed by atoms with E-state index in [0.717, 1.165) is 109 Å². The van der Waals surface area contributed by atoms with Gasteiger partial charge in [0.15, 0.2) is 0 Å². The Morgan fingerprint density at radius 2 is 1.25 bits per heavy atom. The van der Waals surface area contributed by atoms with Crippen molar-refractivity contribution in [1.29, 1.82) is 0 Å². The molecule has 0 aliphatic heterocycles. The molecule has 0 spiro atoms. The zero-order chi connectivity index (χ0) is 54.1. The summed E-state index contributed by atoms with van der Waals surface area (Å²) in [5.41, 5.74) is 10.2. The van der Waals surface area contributed by atoms with Gasteiger partial charge in [-0.05, 0) is 106 Å². The van der Waals surface area contributed by atoms with Gasteiger partial charge in [-0.25, -0.2) is 9.97 Å². The second-order valence-corrected chi connectivity index (χ2v) is 16.2. The Morgan fingerprint density at radius 1 is 0.764 bits per heavy atom. The summed E-state index contributed by atoms with van der Waals surface area (Å²) in [6.45, 7) is 23.0. The highest BCUT2D eigenvalue weighted by Crippen LogP contribution is 2.27. The highest BCUT2D eigenvalue weighted by atomic mass is 16.4. The number of imidazole rings is 2. The van der Waals surface area contributed by atoms with Crippen LogP contribution in [0.4, 0.5) is 0 Å². The van der Waals surface area contributed by atoms with Gasteiger partial charge in [0, 0.05) is 37.9 Å². The molecule has 13 heteroatoms. The quantitative estimate of drug-likeness (QED) is 0.0313. The molecule has 6 rings (SSSR count). The standard InChI is InChI=1S/C28H34N6O.C13H21NO.C11H13N.C2H7N.C2H6O.C2H2.CH2O/c1-4-14-33(3)18-27-29-16-25(31-27)23-10-6-21(7-11-23)22-8-12-24(13-9-22)26-17-30-28(32-26)19-34(20-35)15-5-2;1-5-9-10-12(6-2)13(11-15)14(7-3)8-4;1-2-5-9-8-12-11-7-4-3-6-10(9)11;2*1-3-2;2*1-2/h6-13,16-17,20H,4-5,14-15,18-19H2,1-3H3,(H,29,31)(H,30,32);5-6,9-11,13H,1,7-8H2,2-4H3;3-4,6-8,12H,2,5H2,1H3;3H,1-2H3;1-2H3;1-2H;1H2/b;10-9-,12-6+;;;;;/t;13-;;;;;/m.0...../s1. The number of H-pyrrole nitrogens is 3. The van der Waals surface area contributed by atoms with Crippen molar-refractivity contribution >= 4 is 30.4 Å². The van der Waals surface area contributed by atoms with E-state index in [0.29, 0.717) is 6.54 Å². The fourth-order valence-corrected chi connectivity index (χ4v) is 7.37. The summed E-state index contributed by atoms with van der Waals surface area (Å²) in [6, 6.07) is 25.3. The molecule has 1 amide bonds. The number of hydrogen-bond donors (Lipinski definition) is 4. The lowest BCUT2D eigenvalue weighted by molar-refractivity contribution is -0.118. The number of terminal acetylenes is 1. The molecule has 0 aliphatic carbocycles. The first-order valence-electron chi connectivity index (χ1n) is 24.6. The topological polar surface area (TPSA) is 155 Å². The summed E-state index contributed by atoms with van der Waals surface area (Å²) in [7, 11) is 9.12. The van der Waals surface area contributed by atoms with Crippen LogP contribution in [0.25, 0.3) is 44.5 Å². The van der Waals surface area contributed by atoms with Crippen LogP contribution in [0.3, 0.4) is 0 Å². The van der Waals surface area contributed by atoms with Crippen molar-refractivity contribution in [2.75, 3.05) is 61.5 Å². The second-order valence-electron chi connectivity index (χ2n) is 16.2. The lowest BCUT2D eigenvalue weighted by atomic mass is 10.0. The lowest BCUT2D eigenvalue weighted by Gasteiger charge is -2.25. The van der Waals surface area contributed by atoms with Crippen molar-refractivity contribution in [1.82, 2.24) is 44.9 Å². The van der Waals surface area contributed by atoms with Crippen molar-refractivity contribution < 1.29 is 19.1 Å². The Morgan fingerprint density at radius 3 is 1.68 bits per heavy atom. The number of methoxy groups -OCH3 is 1. The number of carbonyl (C=O) groups is 3. The molecule has 3 aromatic carbocycles. The molecule has 0 fully saturated rings. The maximum atomic E-state index is 11.2. The molecule has 0 radical (unpaired) electrons. The molecule has 0 unspecified atom stereocenters. The number of para-hydroxylation sites is 1. The van der Waals surface area contributed by atoms with Crippen molar-refractivity contribution in [3.05, 3.63) is 145 Å². The van der Waals surface area contributed by atoms with Gasteiger partial charge in [-0.15, -0.1) is 12.8 Å². The number of aromatic amines is 3. The van der Waals surface area contributed by atoms with Crippen LogP contribution in [0.2, 0.25) is 0 Å². The summed E-state index contributed by atoms with van der Waals surface area (Å²) in [5, 5.41) is 4.12. The van der Waals surface area contributed by atoms with Gasteiger partial charge in [-0.1, -0.05) is 139 Å². The van der Waals surface area contributed by atoms with Gasteiger partial charge in [-0.2, -0.15) is 0 Å². The van der Waals surface area contributed by atoms with Crippen molar-refractivity contribution in [2.45, 2.75) is 86.4 Å².